The van der Waals surface area contributed by atoms with Gasteiger partial charge in [-0.1, -0.05) is 6.92 Å². The molecule has 3 heteroatoms. The van der Waals surface area contributed by atoms with E-state index in [1.165, 1.54) is 31.8 Å². The van der Waals surface area contributed by atoms with Crippen LogP contribution in [-0.2, 0) is 0 Å². The third kappa shape index (κ3) is 1.36. The molecule has 0 radical (unpaired) electrons. The van der Waals surface area contributed by atoms with Crippen LogP contribution in [0.1, 0.15) is 32.6 Å². The minimum absolute atomic E-state index is 0.0230. The van der Waals surface area contributed by atoms with Gasteiger partial charge >= 0.3 is 0 Å². The Labute approximate surface area is 82.5 Å². The molecule has 2 nitrogen and oxygen atoms in total. The van der Waals surface area contributed by atoms with Crippen LogP contribution in [0, 0.1) is 0 Å². The van der Waals surface area contributed by atoms with Gasteiger partial charge in [-0.25, -0.2) is 0 Å². The van der Waals surface area contributed by atoms with Crippen molar-refractivity contribution < 1.29 is 0 Å². The lowest BCUT2D eigenvalue weighted by atomic mass is 10.0. The molecule has 0 atom stereocenters. The average molecular weight is 198 g/mol. The van der Waals surface area contributed by atoms with E-state index in [1.807, 2.05) is 0 Å². The number of hydrogen-bond acceptors (Lipinski definition) is 2. The van der Waals surface area contributed by atoms with Crippen LogP contribution in [0.5, 0.6) is 0 Å². The second-order valence-corrected chi connectivity index (χ2v) is 6.41. The Bertz CT molecular complexity index is 215. The molecule has 0 saturated heterocycles. The van der Waals surface area contributed by atoms with E-state index in [4.69, 9.17) is 0 Å². The van der Waals surface area contributed by atoms with Crippen LogP contribution in [0.3, 0.4) is 0 Å². The lowest BCUT2D eigenvalue weighted by molar-refractivity contribution is 0.542. The molecule has 0 unspecified atom stereocenters. The molecule has 74 valence electrons. The molecule has 2 aliphatic rings. The van der Waals surface area contributed by atoms with Gasteiger partial charge in [0.2, 0.25) is 0 Å². The van der Waals surface area contributed by atoms with Gasteiger partial charge in [-0.05, 0) is 25.7 Å². The highest BCUT2D eigenvalue weighted by Gasteiger charge is 2.33. The van der Waals surface area contributed by atoms with Crippen molar-refractivity contribution >= 4 is 8.22 Å². The molecule has 0 bridgehead atoms. The van der Waals surface area contributed by atoms with Gasteiger partial charge in [-0.15, -0.1) is 0 Å². The normalized spacial score (nSPS) is 24.2. The molecule has 0 fully saturated rings. The first-order chi connectivity index (χ1) is 6.25. The van der Waals surface area contributed by atoms with E-state index < -0.39 is 0 Å². The Kier molecular flexibility index (Phi) is 2.51. The van der Waals surface area contributed by atoms with E-state index in [1.54, 1.807) is 11.4 Å². The molecule has 0 saturated carbocycles. The first-order valence-corrected chi connectivity index (χ1v) is 6.65. The fourth-order valence-corrected chi connectivity index (χ4v) is 4.71. The Morgan fingerprint density at radius 3 is 1.92 bits per heavy atom. The molecule has 1 aliphatic heterocycles. The van der Waals surface area contributed by atoms with Crippen LogP contribution in [0.4, 0.5) is 0 Å². The van der Waals surface area contributed by atoms with Crippen LogP contribution < -0.4 is 0 Å². The maximum absolute atomic E-state index is 2.55. The summed E-state index contributed by atoms with van der Waals surface area (Å²) in [6.07, 6.45) is 6.70. The zero-order valence-electron chi connectivity index (χ0n) is 8.88. The quantitative estimate of drug-likeness (QED) is 0.598. The minimum Gasteiger partial charge on any atom is -0.339 e. The summed E-state index contributed by atoms with van der Waals surface area (Å²) >= 11 is 0. The summed E-state index contributed by atoms with van der Waals surface area (Å²) < 4.78 is 5.09. The Hall–Kier alpha value is -0.230. The fraction of sp³-hybridized carbons (Fsp3) is 0.800. The second-order valence-electron chi connectivity index (χ2n) is 3.84. The minimum atomic E-state index is -0.0230. The lowest BCUT2D eigenvalue weighted by Gasteiger charge is -2.27. The predicted molar refractivity (Wildman–Crippen MR) is 58.5 cm³/mol. The van der Waals surface area contributed by atoms with Crippen LogP contribution in [-0.4, -0.2) is 29.6 Å². The SMILES string of the molecule is CCP1N(C)C2=C(CCCC2)N1C. The van der Waals surface area contributed by atoms with E-state index in [-0.39, 0.29) is 8.22 Å². The molecule has 1 aliphatic carbocycles. The highest BCUT2D eigenvalue weighted by Crippen LogP contribution is 2.55. The molecule has 0 amide bonds. The summed E-state index contributed by atoms with van der Waals surface area (Å²) in [6, 6.07) is 0. The zero-order chi connectivity index (χ0) is 9.42. The van der Waals surface area contributed by atoms with Crippen molar-refractivity contribution in [1.29, 1.82) is 0 Å². The molecule has 0 aromatic carbocycles. The van der Waals surface area contributed by atoms with Crippen LogP contribution >= 0.6 is 8.22 Å². The average Bonchev–Trinajstić information content (AvgIpc) is 2.41. The molecular formula is C10H19N2P. The highest BCUT2D eigenvalue weighted by atomic mass is 31.1. The van der Waals surface area contributed by atoms with Gasteiger partial charge in [0.25, 0.3) is 0 Å². The van der Waals surface area contributed by atoms with Crippen LogP contribution in [0.15, 0.2) is 11.4 Å². The maximum atomic E-state index is 2.55. The van der Waals surface area contributed by atoms with Crippen molar-refractivity contribution in [3.8, 4) is 0 Å². The van der Waals surface area contributed by atoms with Crippen molar-refractivity contribution in [3.05, 3.63) is 11.4 Å². The standard InChI is InChI=1S/C10H19N2P/c1-4-13-11(2)9-7-5-6-8-10(9)12(13)3/h4-8H2,1-3H3. The second kappa shape index (κ2) is 3.49. The predicted octanol–water partition coefficient (Wildman–Crippen LogP) is 2.98. The fourth-order valence-electron chi connectivity index (χ4n) is 2.47. The summed E-state index contributed by atoms with van der Waals surface area (Å²) in [7, 11) is 4.53. The van der Waals surface area contributed by atoms with Crippen molar-refractivity contribution in [1.82, 2.24) is 9.34 Å². The molecule has 0 aromatic heterocycles. The van der Waals surface area contributed by atoms with E-state index in [0.717, 1.165) is 0 Å². The lowest BCUT2D eigenvalue weighted by Crippen LogP contribution is -2.12. The number of hydrogen-bond donors (Lipinski definition) is 0. The monoisotopic (exact) mass is 198 g/mol. The Morgan fingerprint density at radius 1 is 1.08 bits per heavy atom. The topological polar surface area (TPSA) is 6.48 Å². The van der Waals surface area contributed by atoms with Crippen molar-refractivity contribution in [2.24, 2.45) is 0 Å². The third-order valence-corrected chi connectivity index (χ3v) is 5.60. The Balaban J connectivity index is 2.24. The molecule has 2 rings (SSSR count). The summed E-state index contributed by atoms with van der Waals surface area (Å²) in [5.74, 6) is 0. The number of rotatable bonds is 1. The van der Waals surface area contributed by atoms with E-state index in [9.17, 15) is 0 Å². The summed E-state index contributed by atoms with van der Waals surface area (Å²) in [5.41, 5.74) is 3.28. The number of allylic oxidation sites excluding steroid dienone is 2. The van der Waals surface area contributed by atoms with Gasteiger partial charge in [0.1, 0.15) is 0 Å². The molecule has 1 heterocycles. The summed E-state index contributed by atoms with van der Waals surface area (Å²) in [4.78, 5) is 0. The van der Waals surface area contributed by atoms with Gasteiger partial charge in [-0.2, -0.15) is 0 Å². The zero-order valence-corrected chi connectivity index (χ0v) is 9.77. The summed E-state index contributed by atoms with van der Waals surface area (Å²) in [6.45, 7) is 2.30. The van der Waals surface area contributed by atoms with Crippen molar-refractivity contribution in [2.75, 3.05) is 20.3 Å². The van der Waals surface area contributed by atoms with E-state index in [2.05, 4.69) is 30.4 Å². The van der Waals surface area contributed by atoms with E-state index in [0.29, 0.717) is 0 Å². The van der Waals surface area contributed by atoms with Gasteiger partial charge in [0.05, 0.1) is 8.22 Å². The highest BCUT2D eigenvalue weighted by molar-refractivity contribution is 7.53. The smallest absolute Gasteiger partial charge is 0.0939 e. The van der Waals surface area contributed by atoms with Crippen molar-refractivity contribution in [3.63, 3.8) is 0 Å². The maximum Gasteiger partial charge on any atom is 0.0939 e. The van der Waals surface area contributed by atoms with Crippen molar-refractivity contribution in [2.45, 2.75) is 32.6 Å². The molecule has 0 aromatic rings. The molecular weight excluding hydrogens is 179 g/mol. The van der Waals surface area contributed by atoms with Gasteiger partial charge < -0.3 is 9.34 Å². The largest absolute Gasteiger partial charge is 0.339 e. The van der Waals surface area contributed by atoms with Gasteiger partial charge in [0, 0.05) is 31.7 Å². The van der Waals surface area contributed by atoms with Gasteiger partial charge in [-0.3, -0.25) is 0 Å². The first kappa shape index (κ1) is 9.33. The summed E-state index contributed by atoms with van der Waals surface area (Å²) in [5, 5.41) is 0. The first-order valence-electron chi connectivity index (χ1n) is 5.22. The molecule has 13 heavy (non-hydrogen) atoms. The van der Waals surface area contributed by atoms with E-state index >= 15 is 0 Å². The van der Waals surface area contributed by atoms with Crippen LogP contribution in [0.2, 0.25) is 0 Å². The number of nitrogens with zero attached hydrogens (tertiary/aromatic N) is 2. The molecule has 0 spiro atoms. The third-order valence-electron chi connectivity index (χ3n) is 3.17. The Morgan fingerprint density at radius 2 is 1.54 bits per heavy atom. The van der Waals surface area contributed by atoms with Crippen LogP contribution in [0.25, 0.3) is 0 Å². The van der Waals surface area contributed by atoms with Gasteiger partial charge in [0.15, 0.2) is 0 Å². The molecule has 0 N–H and O–H groups in total.